The summed E-state index contributed by atoms with van der Waals surface area (Å²) in [6.45, 7) is 5.30. The second-order valence-corrected chi connectivity index (χ2v) is 8.11. The molecule has 0 saturated carbocycles. The number of rotatable bonds is 6. The smallest absolute Gasteiger partial charge is 0.417 e. The number of aromatic nitrogens is 1. The number of nitrogens with zero attached hydrogens (tertiary/aromatic N) is 3. The van der Waals surface area contributed by atoms with Crippen molar-refractivity contribution < 1.29 is 27.5 Å². The molecule has 2 aromatic rings. The number of pyridine rings is 1. The Morgan fingerprint density at radius 1 is 1.06 bits per heavy atom. The lowest BCUT2D eigenvalue weighted by Crippen LogP contribution is -2.56. The van der Waals surface area contributed by atoms with E-state index < -0.39 is 23.7 Å². The minimum Gasteiger partial charge on any atom is -0.496 e. The van der Waals surface area contributed by atoms with Crippen LogP contribution in [0.15, 0.2) is 42.6 Å². The number of anilines is 1. The van der Waals surface area contributed by atoms with Crippen LogP contribution in [0, 0.1) is 5.92 Å². The molecule has 2 amide bonds. The molecule has 178 valence electrons. The first-order chi connectivity index (χ1) is 15.6. The van der Waals surface area contributed by atoms with E-state index in [9.17, 15) is 22.8 Å². The number of hydrogen-bond donors (Lipinski definition) is 1. The molecular formula is C23H27F3N4O3. The molecule has 0 radical (unpaired) electrons. The molecule has 33 heavy (non-hydrogen) atoms. The highest BCUT2D eigenvalue weighted by molar-refractivity contribution is 5.99. The van der Waals surface area contributed by atoms with Crippen molar-refractivity contribution in [3.05, 3.63) is 53.7 Å². The van der Waals surface area contributed by atoms with Crippen LogP contribution in [0.2, 0.25) is 0 Å². The lowest BCUT2D eigenvalue weighted by Gasteiger charge is -2.37. The van der Waals surface area contributed by atoms with E-state index in [2.05, 4.69) is 10.3 Å². The van der Waals surface area contributed by atoms with Gasteiger partial charge >= 0.3 is 6.18 Å². The number of piperazine rings is 1. The number of carbonyl (C=O) groups is 2. The number of benzene rings is 1. The van der Waals surface area contributed by atoms with Gasteiger partial charge in [-0.3, -0.25) is 9.59 Å². The molecule has 7 nitrogen and oxygen atoms in total. The van der Waals surface area contributed by atoms with Crippen molar-refractivity contribution >= 4 is 17.6 Å². The quantitative estimate of drug-likeness (QED) is 0.711. The van der Waals surface area contributed by atoms with Gasteiger partial charge in [0.2, 0.25) is 5.91 Å². The highest BCUT2D eigenvalue weighted by Crippen LogP contribution is 2.29. The van der Waals surface area contributed by atoms with Gasteiger partial charge in [0.05, 0.1) is 18.2 Å². The monoisotopic (exact) mass is 464 g/mol. The highest BCUT2D eigenvalue weighted by atomic mass is 19.4. The van der Waals surface area contributed by atoms with Gasteiger partial charge < -0.3 is 19.9 Å². The predicted octanol–water partition coefficient (Wildman–Crippen LogP) is 3.21. The van der Waals surface area contributed by atoms with Crippen LogP contribution in [-0.2, 0) is 11.0 Å². The molecule has 1 fully saturated rings. The molecule has 10 heteroatoms. The number of ether oxygens (including phenoxy) is 1. The van der Waals surface area contributed by atoms with Crippen molar-refractivity contribution in [3.63, 3.8) is 0 Å². The van der Waals surface area contributed by atoms with Crippen molar-refractivity contribution in [3.8, 4) is 5.75 Å². The molecule has 0 bridgehead atoms. The second-order valence-electron chi connectivity index (χ2n) is 8.11. The summed E-state index contributed by atoms with van der Waals surface area (Å²) in [6.07, 6.45) is -3.62. The maximum atomic E-state index is 13.2. The molecule has 2 heterocycles. The van der Waals surface area contributed by atoms with Gasteiger partial charge in [-0.25, -0.2) is 4.98 Å². The van der Waals surface area contributed by atoms with Gasteiger partial charge in [0, 0.05) is 32.4 Å². The van der Waals surface area contributed by atoms with E-state index in [0.717, 1.165) is 12.3 Å². The number of para-hydroxylation sites is 1. The zero-order chi connectivity index (χ0) is 24.2. The maximum Gasteiger partial charge on any atom is 0.417 e. The van der Waals surface area contributed by atoms with Gasteiger partial charge in [-0.15, -0.1) is 0 Å². The lowest BCUT2D eigenvalue weighted by molar-refractivity contribution is -0.138. The summed E-state index contributed by atoms with van der Waals surface area (Å²) < 4.78 is 43.5. The third-order valence-corrected chi connectivity index (χ3v) is 5.56. The van der Waals surface area contributed by atoms with Crippen LogP contribution in [0.25, 0.3) is 0 Å². The molecule has 1 aliphatic heterocycles. The number of alkyl halides is 3. The molecule has 0 spiro atoms. The summed E-state index contributed by atoms with van der Waals surface area (Å²) in [5.41, 5.74) is -0.456. The van der Waals surface area contributed by atoms with Crippen LogP contribution in [0.3, 0.4) is 0 Å². The molecule has 3 rings (SSSR count). The Hall–Kier alpha value is -3.30. The van der Waals surface area contributed by atoms with Gasteiger partial charge in [0.25, 0.3) is 5.91 Å². The standard InChI is InChI=1S/C23H27F3N4O3/c1-15(2)20(28-21(31)17-6-4-5-7-18(17)33-3)22(32)30-12-10-29(11-13-30)19-9-8-16(14-27-19)23(24,25)26/h4-9,14-15,20H,10-13H2,1-3H3,(H,28,31)/t20-/m0/s1. The predicted molar refractivity (Wildman–Crippen MR) is 117 cm³/mol. The molecule has 0 unspecified atom stereocenters. The number of nitrogens with one attached hydrogen (secondary N) is 1. The third kappa shape index (κ3) is 5.74. The summed E-state index contributed by atoms with van der Waals surface area (Å²) in [7, 11) is 1.47. The normalized spacial score (nSPS) is 15.4. The summed E-state index contributed by atoms with van der Waals surface area (Å²) in [5, 5.41) is 2.83. The van der Waals surface area contributed by atoms with E-state index in [1.807, 2.05) is 18.7 Å². The molecule has 1 atom stereocenters. The molecule has 0 aliphatic carbocycles. The molecular weight excluding hydrogens is 437 g/mol. The average Bonchev–Trinajstić information content (AvgIpc) is 2.81. The van der Waals surface area contributed by atoms with Crippen molar-refractivity contribution in [1.82, 2.24) is 15.2 Å². The SMILES string of the molecule is COc1ccccc1C(=O)N[C@H](C(=O)N1CCN(c2ccc(C(F)(F)F)cn2)CC1)C(C)C. The Labute approximate surface area is 190 Å². The Bertz CT molecular complexity index is 972. The largest absolute Gasteiger partial charge is 0.496 e. The van der Waals surface area contributed by atoms with Crippen molar-refractivity contribution in [2.75, 3.05) is 38.2 Å². The molecule has 1 aliphatic rings. The first-order valence-electron chi connectivity index (χ1n) is 10.6. The van der Waals surface area contributed by atoms with Crippen LogP contribution >= 0.6 is 0 Å². The fraction of sp³-hybridized carbons (Fsp3) is 0.435. The summed E-state index contributed by atoms with van der Waals surface area (Å²) in [4.78, 5) is 33.4. The minimum atomic E-state index is -4.43. The van der Waals surface area contributed by atoms with E-state index >= 15 is 0 Å². The first-order valence-corrected chi connectivity index (χ1v) is 10.6. The van der Waals surface area contributed by atoms with Crippen LogP contribution in [-0.4, -0.2) is 61.0 Å². The fourth-order valence-electron chi connectivity index (χ4n) is 3.66. The van der Waals surface area contributed by atoms with Crippen LogP contribution in [0.4, 0.5) is 19.0 Å². The molecule has 1 aromatic heterocycles. The summed E-state index contributed by atoms with van der Waals surface area (Å²) >= 11 is 0. The number of carbonyl (C=O) groups excluding carboxylic acids is 2. The lowest BCUT2D eigenvalue weighted by atomic mass is 10.0. The van der Waals surface area contributed by atoms with Gasteiger partial charge in [0.15, 0.2) is 0 Å². The topological polar surface area (TPSA) is 74.8 Å². The Kier molecular flexibility index (Phi) is 7.45. The van der Waals surface area contributed by atoms with Crippen LogP contribution < -0.4 is 15.0 Å². The molecule has 1 aromatic carbocycles. The van der Waals surface area contributed by atoms with E-state index in [1.54, 1.807) is 29.2 Å². The van der Waals surface area contributed by atoms with E-state index in [-0.39, 0.29) is 11.8 Å². The Morgan fingerprint density at radius 3 is 2.27 bits per heavy atom. The molecule has 1 N–H and O–H groups in total. The van der Waals surface area contributed by atoms with Crippen LogP contribution in [0.5, 0.6) is 5.75 Å². The van der Waals surface area contributed by atoms with E-state index in [4.69, 9.17) is 4.74 Å². The Balaban J connectivity index is 1.63. The summed E-state index contributed by atoms with van der Waals surface area (Å²) in [5.74, 6) is 0.105. The highest BCUT2D eigenvalue weighted by Gasteiger charge is 2.33. The zero-order valence-corrected chi connectivity index (χ0v) is 18.7. The minimum absolute atomic E-state index is 0.147. The first kappa shape index (κ1) is 24.3. The van der Waals surface area contributed by atoms with Crippen LogP contribution in [0.1, 0.15) is 29.8 Å². The van der Waals surface area contributed by atoms with Gasteiger partial charge in [-0.2, -0.15) is 13.2 Å². The fourth-order valence-corrected chi connectivity index (χ4v) is 3.66. The number of hydrogen-bond acceptors (Lipinski definition) is 5. The van der Waals surface area contributed by atoms with Crippen molar-refractivity contribution in [2.45, 2.75) is 26.1 Å². The van der Waals surface area contributed by atoms with Crippen molar-refractivity contribution in [1.29, 1.82) is 0 Å². The second kappa shape index (κ2) is 10.1. The van der Waals surface area contributed by atoms with E-state index in [0.29, 0.717) is 43.3 Å². The average molecular weight is 464 g/mol. The Morgan fingerprint density at radius 2 is 1.73 bits per heavy atom. The number of amides is 2. The maximum absolute atomic E-state index is 13.2. The van der Waals surface area contributed by atoms with Gasteiger partial charge in [0.1, 0.15) is 17.6 Å². The molecule has 1 saturated heterocycles. The third-order valence-electron chi connectivity index (χ3n) is 5.56. The van der Waals surface area contributed by atoms with E-state index in [1.165, 1.54) is 13.2 Å². The van der Waals surface area contributed by atoms with Crippen molar-refractivity contribution in [2.24, 2.45) is 5.92 Å². The van der Waals surface area contributed by atoms with Gasteiger partial charge in [-0.1, -0.05) is 26.0 Å². The number of halogens is 3. The number of methoxy groups -OCH3 is 1. The zero-order valence-electron chi connectivity index (χ0n) is 18.7. The summed E-state index contributed by atoms with van der Waals surface area (Å²) in [6, 6.07) is 8.40. The van der Waals surface area contributed by atoms with Gasteiger partial charge in [-0.05, 0) is 30.2 Å².